The fraction of sp³-hybridized carbons (Fsp3) is 0.250. The van der Waals surface area contributed by atoms with Gasteiger partial charge in [0.2, 0.25) is 0 Å². The highest BCUT2D eigenvalue weighted by Crippen LogP contribution is 2.39. The van der Waals surface area contributed by atoms with Crippen LogP contribution in [0.15, 0.2) is 128 Å². The molecular weight excluding hydrogens is 586 g/mol. The number of pyridine rings is 1. The topological polar surface area (TPSA) is 83.9 Å². The average Bonchev–Trinajstić information content (AvgIpc) is 3.14. The van der Waals surface area contributed by atoms with E-state index in [2.05, 4.69) is 83.8 Å². The molecule has 0 aliphatic carbocycles. The first-order valence-electron chi connectivity index (χ1n) is 16.1. The highest BCUT2D eigenvalue weighted by Gasteiger charge is 2.33. The smallest absolute Gasteiger partial charge is 0.253 e. The minimum atomic E-state index is -0.557. The van der Waals surface area contributed by atoms with Crippen molar-refractivity contribution in [1.82, 2.24) is 15.2 Å². The summed E-state index contributed by atoms with van der Waals surface area (Å²) in [5.41, 5.74) is 7.76. The fourth-order valence-corrected chi connectivity index (χ4v) is 6.01. The summed E-state index contributed by atoms with van der Waals surface area (Å²) in [7, 11) is 2.14. The number of aliphatic hydroxyl groups excluding tert-OH is 1. The molecule has 4 aromatic carbocycles. The summed E-state index contributed by atoms with van der Waals surface area (Å²) in [4.78, 5) is 18.9. The molecule has 2 heterocycles. The van der Waals surface area contributed by atoms with E-state index >= 15 is 0 Å². The maximum absolute atomic E-state index is 12.6. The Balaban J connectivity index is 1.21. The number of amides is 1. The van der Waals surface area contributed by atoms with Gasteiger partial charge >= 0.3 is 0 Å². The lowest BCUT2D eigenvalue weighted by Gasteiger charge is -2.39. The molecule has 5 aromatic rings. The normalized spacial score (nSPS) is 18.5. The van der Waals surface area contributed by atoms with Gasteiger partial charge in [-0.3, -0.25) is 14.7 Å². The predicted molar refractivity (Wildman–Crippen MR) is 183 cm³/mol. The van der Waals surface area contributed by atoms with E-state index in [9.17, 15) is 9.90 Å². The summed E-state index contributed by atoms with van der Waals surface area (Å²) >= 11 is 0. The van der Waals surface area contributed by atoms with Crippen molar-refractivity contribution >= 4 is 5.91 Å². The maximum atomic E-state index is 12.6. The Labute approximate surface area is 276 Å². The van der Waals surface area contributed by atoms with Gasteiger partial charge in [-0.2, -0.15) is 0 Å². The molecule has 7 nitrogen and oxygen atoms in total. The van der Waals surface area contributed by atoms with Gasteiger partial charge in [-0.15, -0.1) is 0 Å². The van der Waals surface area contributed by atoms with Crippen molar-refractivity contribution in [2.45, 2.75) is 51.0 Å². The second-order valence-corrected chi connectivity index (χ2v) is 12.1. The zero-order chi connectivity index (χ0) is 32.6. The average molecular weight is 628 g/mol. The summed E-state index contributed by atoms with van der Waals surface area (Å²) in [5, 5.41) is 12.6. The zero-order valence-corrected chi connectivity index (χ0v) is 26.8. The van der Waals surface area contributed by atoms with Crippen LogP contribution in [0.3, 0.4) is 0 Å². The largest absolute Gasteiger partial charge is 0.392 e. The minimum Gasteiger partial charge on any atom is -0.392 e. The summed E-state index contributed by atoms with van der Waals surface area (Å²) < 4.78 is 13.3. The molecular formula is C40H41N3O4. The molecule has 1 aromatic heterocycles. The number of nitrogens with one attached hydrogen (secondary N) is 1. The number of rotatable bonds is 11. The summed E-state index contributed by atoms with van der Waals surface area (Å²) in [6, 6.07) is 38.7. The second-order valence-electron chi connectivity index (χ2n) is 12.1. The molecule has 1 amide bonds. The molecule has 4 atom stereocenters. The molecule has 0 saturated carbocycles. The molecule has 1 saturated heterocycles. The van der Waals surface area contributed by atoms with Crippen LogP contribution in [-0.4, -0.2) is 40.6 Å². The van der Waals surface area contributed by atoms with Crippen molar-refractivity contribution in [1.29, 1.82) is 0 Å². The quantitative estimate of drug-likeness (QED) is 0.159. The van der Waals surface area contributed by atoms with Crippen molar-refractivity contribution in [2.75, 3.05) is 13.6 Å². The van der Waals surface area contributed by atoms with Crippen LogP contribution < -0.4 is 5.32 Å². The molecule has 0 bridgehead atoms. The number of benzene rings is 4. The van der Waals surface area contributed by atoms with Crippen LogP contribution in [-0.2, 0) is 22.6 Å². The minimum absolute atomic E-state index is 0.00715. The third kappa shape index (κ3) is 8.20. The number of nitrogens with zero attached hydrogens (tertiary/aromatic N) is 2. The highest BCUT2D eigenvalue weighted by molar-refractivity contribution is 5.93. The van der Waals surface area contributed by atoms with Crippen LogP contribution in [0.4, 0.5) is 0 Å². The molecule has 0 unspecified atom stereocenters. The first-order valence-corrected chi connectivity index (χ1v) is 16.1. The van der Waals surface area contributed by atoms with E-state index in [0.29, 0.717) is 18.5 Å². The van der Waals surface area contributed by atoms with E-state index in [4.69, 9.17) is 9.47 Å². The number of carbonyl (C=O) groups excluding carboxylic acids is 1. The Kier molecular flexibility index (Phi) is 10.5. The molecule has 0 spiro atoms. The Hall–Kier alpha value is -4.66. The van der Waals surface area contributed by atoms with Gasteiger partial charge in [0.1, 0.15) is 0 Å². The lowest BCUT2D eigenvalue weighted by atomic mass is 9.98. The Bertz CT molecular complexity index is 1750. The molecule has 240 valence electrons. The second kappa shape index (κ2) is 15.3. The monoisotopic (exact) mass is 627 g/mol. The highest BCUT2D eigenvalue weighted by atomic mass is 16.7. The van der Waals surface area contributed by atoms with Crippen LogP contribution in [0.25, 0.3) is 11.1 Å². The van der Waals surface area contributed by atoms with Crippen LogP contribution in [0.5, 0.6) is 0 Å². The Morgan fingerprint density at radius 3 is 2.38 bits per heavy atom. The third-order valence-corrected chi connectivity index (χ3v) is 8.85. The summed E-state index contributed by atoms with van der Waals surface area (Å²) in [6.45, 7) is 3.38. The van der Waals surface area contributed by atoms with Gasteiger partial charge in [-0.05, 0) is 71.6 Å². The summed E-state index contributed by atoms with van der Waals surface area (Å²) in [6.07, 6.45) is 3.14. The molecule has 1 aliphatic heterocycles. The number of hydrogen-bond donors (Lipinski definition) is 2. The van der Waals surface area contributed by atoms with Crippen LogP contribution in [0, 0.1) is 0 Å². The number of aliphatic hydroxyl groups is 1. The van der Waals surface area contributed by atoms with Gasteiger partial charge in [-0.1, -0.05) is 91.0 Å². The molecule has 2 N–H and O–H groups in total. The molecule has 1 fully saturated rings. The first-order chi connectivity index (χ1) is 23.0. The van der Waals surface area contributed by atoms with Gasteiger partial charge < -0.3 is 19.9 Å². The van der Waals surface area contributed by atoms with Gasteiger partial charge in [0.15, 0.2) is 6.29 Å². The Morgan fingerprint density at radius 1 is 0.872 bits per heavy atom. The van der Waals surface area contributed by atoms with Crippen LogP contribution in [0.1, 0.15) is 70.0 Å². The molecule has 0 radical (unpaired) electrons. The predicted octanol–water partition coefficient (Wildman–Crippen LogP) is 7.41. The zero-order valence-electron chi connectivity index (χ0n) is 26.8. The number of ether oxygens (including phenoxy) is 2. The summed E-state index contributed by atoms with van der Waals surface area (Å²) in [5.74, 6) is -0.156. The van der Waals surface area contributed by atoms with E-state index in [1.54, 1.807) is 24.5 Å². The van der Waals surface area contributed by atoms with Gasteiger partial charge in [0.25, 0.3) is 5.91 Å². The van der Waals surface area contributed by atoms with Crippen LogP contribution >= 0.6 is 0 Å². The fourth-order valence-electron chi connectivity index (χ4n) is 6.01. The van der Waals surface area contributed by atoms with E-state index in [0.717, 1.165) is 39.9 Å². The van der Waals surface area contributed by atoms with Crippen LogP contribution in [0.2, 0.25) is 0 Å². The lowest BCUT2D eigenvalue weighted by Crippen LogP contribution is -2.38. The lowest BCUT2D eigenvalue weighted by molar-refractivity contribution is -0.253. The SMILES string of the molecule is C[C@@H](c1ccccc1)N(C)C[C@@H]1C[C@H](c2ccc(CO)cc2)O[C@H](c2cccc(-c3cccc(CNC(=O)c4cccnc4)c3)c2)O1. The number of carbonyl (C=O) groups is 1. The molecule has 1 aliphatic rings. The van der Waals surface area contributed by atoms with Crippen molar-refractivity contribution in [3.05, 3.63) is 161 Å². The van der Waals surface area contributed by atoms with Gasteiger partial charge in [0, 0.05) is 43.5 Å². The number of aromatic nitrogens is 1. The first kappa shape index (κ1) is 32.3. The van der Waals surface area contributed by atoms with E-state index in [-0.39, 0.29) is 30.8 Å². The van der Waals surface area contributed by atoms with E-state index in [1.807, 2.05) is 48.5 Å². The molecule has 7 heteroatoms. The number of hydrogen-bond acceptors (Lipinski definition) is 6. The van der Waals surface area contributed by atoms with Crippen molar-refractivity contribution < 1.29 is 19.4 Å². The standard InChI is InChI=1S/C40H41N3O4/c1-28(31-10-4-3-5-11-31)43(2)26-37-23-38(32-18-16-29(27-44)17-19-32)47-40(46-37)35-14-7-13-34(22-35)33-12-6-9-30(21-33)24-42-39(45)36-15-8-20-41-25-36/h3-22,25,28,37-38,40,44H,23-24,26-27H2,1-2H3,(H,42,45)/t28-,37-,38+,40+/m0/s1. The van der Waals surface area contributed by atoms with E-state index < -0.39 is 6.29 Å². The van der Waals surface area contributed by atoms with Gasteiger partial charge in [0.05, 0.1) is 24.4 Å². The molecule has 6 rings (SSSR count). The van der Waals surface area contributed by atoms with E-state index in [1.165, 1.54) is 5.56 Å². The Morgan fingerprint density at radius 2 is 1.64 bits per heavy atom. The van der Waals surface area contributed by atoms with Gasteiger partial charge in [-0.25, -0.2) is 0 Å². The van der Waals surface area contributed by atoms with Crippen molar-refractivity contribution in [2.24, 2.45) is 0 Å². The van der Waals surface area contributed by atoms with Crippen molar-refractivity contribution in [3.63, 3.8) is 0 Å². The maximum Gasteiger partial charge on any atom is 0.253 e. The molecule has 47 heavy (non-hydrogen) atoms. The van der Waals surface area contributed by atoms with Crippen molar-refractivity contribution in [3.8, 4) is 11.1 Å². The third-order valence-electron chi connectivity index (χ3n) is 8.85. The number of likely N-dealkylation sites (N-methyl/N-ethyl adjacent to an activating group) is 1.